The summed E-state index contributed by atoms with van der Waals surface area (Å²) in [7, 11) is -3.81. The molecule has 0 aliphatic carbocycles. The van der Waals surface area contributed by atoms with Crippen molar-refractivity contribution in [1.82, 2.24) is 4.98 Å². The number of hydrogen-bond donors (Lipinski definition) is 2. The standard InChI is InChI=1S/C18H17ClFN3O2S2/c1-11-9-16(22-12(2)13-5-3-4-6-15(13)20)14(19)10-17(11)27(24,25)23-18-21-7-8-26-18/h3-10,12,22H,1-2H3,(H,21,23). The van der Waals surface area contributed by atoms with Crippen molar-refractivity contribution in [2.75, 3.05) is 10.0 Å². The van der Waals surface area contributed by atoms with Crippen LogP contribution in [0.15, 0.2) is 52.9 Å². The van der Waals surface area contributed by atoms with Crippen LogP contribution in [0.3, 0.4) is 0 Å². The number of aromatic nitrogens is 1. The van der Waals surface area contributed by atoms with Crippen molar-refractivity contribution in [3.05, 3.63) is 69.9 Å². The SMILES string of the molecule is Cc1cc(NC(C)c2ccccc2F)c(Cl)cc1S(=O)(=O)Nc1nccs1. The second-order valence-corrected chi connectivity index (χ2v) is 8.88. The molecule has 0 aliphatic rings. The number of aryl methyl sites for hydroxylation is 1. The second-order valence-electron chi connectivity index (χ2n) is 5.93. The van der Waals surface area contributed by atoms with Gasteiger partial charge in [-0.25, -0.2) is 17.8 Å². The molecule has 1 unspecified atom stereocenters. The first-order chi connectivity index (χ1) is 12.8. The average molecular weight is 426 g/mol. The van der Waals surface area contributed by atoms with E-state index in [1.165, 1.54) is 29.7 Å². The molecule has 2 aromatic carbocycles. The summed E-state index contributed by atoms with van der Waals surface area (Å²) in [6.45, 7) is 3.48. The van der Waals surface area contributed by atoms with Crippen LogP contribution in [0.2, 0.25) is 5.02 Å². The molecule has 0 saturated heterocycles. The predicted molar refractivity (Wildman–Crippen MR) is 108 cm³/mol. The number of thiazole rings is 1. The van der Waals surface area contributed by atoms with Gasteiger partial charge in [-0.1, -0.05) is 29.8 Å². The zero-order valence-electron chi connectivity index (χ0n) is 14.5. The zero-order chi connectivity index (χ0) is 19.6. The molecule has 0 fully saturated rings. The third-order valence-electron chi connectivity index (χ3n) is 3.95. The van der Waals surface area contributed by atoms with Gasteiger partial charge in [0.25, 0.3) is 10.0 Å². The van der Waals surface area contributed by atoms with Crippen LogP contribution in [0.5, 0.6) is 0 Å². The highest BCUT2D eigenvalue weighted by Gasteiger charge is 2.21. The lowest BCUT2D eigenvalue weighted by molar-refractivity contribution is 0.600. The molecule has 142 valence electrons. The molecule has 2 N–H and O–H groups in total. The molecule has 0 bridgehead atoms. The average Bonchev–Trinajstić information content (AvgIpc) is 3.10. The van der Waals surface area contributed by atoms with E-state index >= 15 is 0 Å². The summed E-state index contributed by atoms with van der Waals surface area (Å²) in [4.78, 5) is 3.99. The summed E-state index contributed by atoms with van der Waals surface area (Å²) in [6.07, 6.45) is 1.51. The van der Waals surface area contributed by atoms with Gasteiger partial charge in [0.05, 0.1) is 21.6 Å². The smallest absolute Gasteiger partial charge is 0.263 e. The van der Waals surface area contributed by atoms with Crippen molar-refractivity contribution >= 4 is 43.8 Å². The van der Waals surface area contributed by atoms with E-state index in [1.54, 1.807) is 43.5 Å². The number of halogens is 2. The van der Waals surface area contributed by atoms with Gasteiger partial charge in [-0.2, -0.15) is 0 Å². The molecule has 0 amide bonds. The highest BCUT2D eigenvalue weighted by atomic mass is 35.5. The van der Waals surface area contributed by atoms with Gasteiger partial charge in [0.2, 0.25) is 0 Å². The van der Waals surface area contributed by atoms with Gasteiger partial charge in [-0.3, -0.25) is 4.72 Å². The highest BCUT2D eigenvalue weighted by molar-refractivity contribution is 7.93. The normalized spacial score (nSPS) is 12.6. The van der Waals surface area contributed by atoms with E-state index in [1.807, 2.05) is 0 Å². The van der Waals surface area contributed by atoms with Gasteiger partial charge < -0.3 is 5.32 Å². The minimum atomic E-state index is -3.81. The first-order valence-electron chi connectivity index (χ1n) is 8.01. The van der Waals surface area contributed by atoms with Crippen LogP contribution in [0, 0.1) is 12.7 Å². The van der Waals surface area contributed by atoms with Crippen molar-refractivity contribution in [1.29, 1.82) is 0 Å². The summed E-state index contributed by atoms with van der Waals surface area (Å²) in [5.41, 5.74) is 1.53. The number of rotatable bonds is 6. The van der Waals surface area contributed by atoms with Crippen LogP contribution in [-0.4, -0.2) is 13.4 Å². The summed E-state index contributed by atoms with van der Waals surface area (Å²) in [5, 5.41) is 5.31. The molecule has 3 aromatic rings. The van der Waals surface area contributed by atoms with Crippen LogP contribution in [-0.2, 0) is 10.0 Å². The number of nitrogens with zero attached hydrogens (tertiary/aromatic N) is 1. The fourth-order valence-electron chi connectivity index (χ4n) is 2.64. The van der Waals surface area contributed by atoms with Gasteiger partial charge in [0.15, 0.2) is 5.13 Å². The molecule has 0 saturated carbocycles. The first kappa shape index (κ1) is 19.6. The summed E-state index contributed by atoms with van der Waals surface area (Å²) in [5.74, 6) is -0.322. The lowest BCUT2D eigenvalue weighted by Crippen LogP contribution is -2.15. The Kier molecular flexibility index (Phi) is 5.69. The highest BCUT2D eigenvalue weighted by Crippen LogP contribution is 2.32. The summed E-state index contributed by atoms with van der Waals surface area (Å²) in [6, 6.07) is 9.12. The van der Waals surface area contributed by atoms with E-state index in [9.17, 15) is 12.8 Å². The van der Waals surface area contributed by atoms with E-state index in [0.29, 0.717) is 16.8 Å². The van der Waals surface area contributed by atoms with Gasteiger partial charge in [-0.15, -0.1) is 11.3 Å². The first-order valence-corrected chi connectivity index (χ1v) is 10.8. The maximum atomic E-state index is 14.0. The lowest BCUT2D eigenvalue weighted by Gasteiger charge is -2.19. The van der Waals surface area contributed by atoms with Crippen molar-refractivity contribution < 1.29 is 12.8 Å². The minimum absolute atomic E-state index is 0.0618. The maximum Gasteiger partial charge on any atom is 0.263 e. The maximum absolute atomic E-state index is 14.0. The Morgan fingerprint density at radius 1 is 1.26 bits per heavy atom. The molecule has 0 aliphatic heterocycles. The molecule has 5 nitrogen and oxygen atoms in total. The Balaban J connectivity index is 1.88. The molecule has 9 heteroatoms. The third-order valence-corrected chi connectivity index (χ3v) is 6.56. The second kappa shape index (κ2) is 7.84. The quantitative estimate of drug-likeness (QED) is 0.568. The van der Waals surface area contributed by atoms with Gasteiger partial charge in [0, 0.05) is 17.1 Å². The number of benzene rings is 2. The minimum Gasteiger partial charge on any atom is -0.377 e. The number of hydrogen-bond acceptors (Lipinski definition) is 5. The van der Waals surface area contributed by atoms with E-state index < -0.39 is 10.0 Å². The Morgan fingerprint density at radius 3 is 2.67 bits per heavy atom. The van der Waals surface area contributed by atoms with Crippen LogP contribution >= 0.6 is 22.9 Å². The van der Waals surface area contributed by atoms with Crippen LogP contribution in [0.25, 0.3) is 0 Å². The topological polar surface area (TPSA) is 71.1 Å². The van der Waals surface area contributed by atoms with E-state index in [-0.39, 0.29) is 26.9 Å². The lowest BCUT2D eigenvalue weighted by atomic mass is 10.1. The van der Waals surface area contributed by atoms with Crippen LogP contribution in [0.1, 0.15) is 24.1 Å². The Morgan fingerprint density at radius 2 is 2.00 bits per heavy atom. The fourth-order valence-corrected chi connectivity index (χ4v) is 4.97. The fraction of sp³-hybridized carbons (Fsp3) is 0.167. The van der Waals surface area contributed by atoms with E-state index in [4.69, 9.17) is 11.6 Å². The van der Waals surface area contributed by atoms with E-state index in [2.05, 4.69) is 15.0 Å². The molecule has 3 rings (SSSR count). The van der Waals surface area contributed by atoms with Crippen molar-refractivity contribution in [3.8, 4) is 0 Å². The molecule has 1 atom stereocenters. The monoisotopic (exact) mass is 425 g/mol. The predicted octanol–water partition coefficient (Wildman–Crippen LogP) is 5.22. The van der Waals surface area contributed by atoms with Gasteiger partial charge in [-0.05, 0) is 37.6 Å². The Bertz CT molecular complexity index is 1060. The van der Waals surface area contributed by atoms with Gasteiger partial charge >= 0.3 is 0 Å². The van der Waals surface area contributed by atoms with Crippen molar-refractivity contribution in [2.24, 2.45) is 0 Å². The van der Waals surface area contributed by atoms with Crippen LogP contribution < -0.4 is 10.0 Å². The Labute approximate surface area is 166 Å². The number of anilines is 2. The van der Waals surface area contributed by atoms with Crippen molar-refractivity contribution in [3.63, 3.8) is 0 Å². The molecular weight excluding hydrogens is 409 g/mol. The van der Waals surface area contributed by atoms with E-state index in [0.717, 1.165) is 0 Å². The summed E-state index contributed by atoms with van der Waals surface area (Å²) >= 11 is 7.48. The third kappa shape index (κ3) is 4.40. The molecule has 27 heavy (non-hydrogen) atoms. The zero-order valence-corrected chi connectivity index (χ0v) is 16.9. The molecular formula is C18H17ClFN3O2S2. The van der Waals surface area contributed by atoms with Crippen LogP contribution in [0.4, 0.5) is 15.2 Å². The van der Waals surface area contributed by atoms with Crippen molar-refractivity contribution in [2.45, 2.75) is 24.8 Å². The molecule has 0 spiro atoms. The molecule has 1 aromatic heterocycles. The largest absolute Gasteiger partial charge is 0.377 e. The number of nitrogens with one attached hydrogen (secondary N) is 2. The Hall–Kier alpha value is -2.16. The number of sulfonamides is 1. The summed E-state index contributed by atoms with van der Waals surface area (Å²) < 4.78 is 41.6. The molecule has 1 heterocycles. The molecule has 0 radical (unpaired) electrons. The van der Waals surface area contributed by atoms with Gasteiger partial charge in [0.1, 0.15) is 5.82 Å².